The van der Waals surface area contributed by atoms with Crippen LogP contribution in [-0.4, -0.2) is 10.9 Å². The first kappa shape index (κ1) is 19.4. The molecule has 0 bridgehead atoms. The molecule has 0 radical (unpaired) electrons. The number of thiazole rings is 1. The Morgan fingerprint density at radius 3 is 2.77 bits per heavy atom. The predicted octanol–water partition coefficient (Wildman–Crippen LogP) is 6.47. The van der Waals surface area contributed by atoms with Crippen molar-refractivity contribution in [1.82, 2.24) is 4.98 Å². The molecule has 2 aromatic carbocycles. The third kappa shape index (κ3) is 3.77. The molecular formula is C24H21FN2OS2. The van der Waals surface area contributed by atoms with Gasteiger partial charge in [0, 0.05) is 10.4 Å². The number of nitrogens with zero attached hydrogens (tertiary/aromatic N) is 1. The van der Waals surface area contributed by atoms with E-state index in [1.165, 1.54) is 22.6 Å². The molecule has 30 heavy (non-hydrogen) atoms. The van der Waals surface area contributed by atoms with E-state index in [1.54, 1.807) is 34.8 Å². The van der Waals surface area contributed by atoms with Crippen LogP contribution in [0.4, 0.5) is 9.39 Å². The van der Waals surface area contributed by atoms with Crippen molar-refractivity contribution < 1.29 is 9.18 Å². The third-order valence-corrected chi connectivity index (χ3v) is 7.77. The number of para-hydroxylation sites is 1. The van der Waals surface area contributed by atoms with Gasteiger partial charge in [-0.3, -0.25) is 4.79 Å². The first-order valence-corrected chi connectivity index (χ1v) is 11.7. The van der Waals surface area contributed by atoms with E-state index in [0.717, 1.165) is 50.6 Å². The smallest absolute Gasteiger partial charge is 0.229 e. The molecule has 1 aliphatic rings. The Hall–Kier alpha value is -2.57. The average molecular weight is 437 g/mol. The number of fused-ring (bicyclic) bond motifs is 2. The number of hydrogen-bond donors (Lipinski definition) is 1. The average Bonchev–Trinajstić information content (AvgIpc) is 3.29. The highest BCUT2D eigenvalue weighted by atomic mass is 32.1. The molecule has 0 spiro atoms. The molecule has 1 amide bonds. The molecule has 3 nitrogen and oxygen atoms in total. The Labute approximate surface area is 182 Å². The maximum atomic E-state index is 13.2. The number of thiophene rings is 1. The van der Waals surface area contributed by atoms with E-state index >= 15 is 0 Å². The highest BCUT2D eigenvalue weighted by Crippen LogP contribution is 2.47. The summed E-state index contributed by atoms with van der Waals surface area (Å²) in [5, 5.41) is 5.00. The van der Waals surface area contributed by atoms with Crippen LogP contribution >= 0.6 is 22.7 Å². The summed E-state index contributed by atoms with van der Waals surface area (Å²) in [6, 6.07) is 14.2. The summed E-state index contributed by atoms with van der Waals surface area (Å²) in [7, 11) is 0. The molecule has 2 aromatic heterocycles. The van der Waals surface area contributed by atoms with Crippen LogP contribution in [0.3, 0.4) is 0 Å². The summed E-state index contributed by atoms with van der Waals surface area (Å²) in [4.78, 5) is 19.0. The zero-order valence-electron chi connectivity index (χ0n) is 16.6. The lowest BCUT2D eigenvalue weighted by Gasteiger charge is -2.18. The second kappa shape index (κ2) is 7.93. The lowest BCUT2D eigenvalue weighted by atomic mass is 9.88. The van der Waals surface area contributed by atoms with E-state index in [1.807, 2.05) is 18.2 Å². The fourth-order valence-electron chi connectivity index (χ4n) is 4.00. The highest BCUT2D eigenvalue weighted by Gasteiger charge is 2.27. The molecule has 4 aromatic rings. The maximum Gasteiger partial charge on any atom is 0.229 e. The number of nitrogens with one attached hydrogen (secondary N) is 1. The van der Waals surface area contributed by atoms with E-state index in [-0.39, 0.29) is 18.1 Å². The molecule has 5 rings (SSSR count). The number of anilines is 1. The lowest BCUT2D eigenvalue weighted by Crippen LogP contribution is -2.14. The number of rotatable bonds is 4. The van der Waals surface area contributed by atoms with Crippen molar-refractivity contribution in [1.29, 1.82) is 0 Å². The molecule has 1 aliphatic carbocycles. The standard InChI is InChI=1S/C24H21FN2OS2/c1-14-6-11-17-20(12-14)30-24(27-21(28)13-15-7-9-16(25)10-8-15)22(17)23-26-18-4-2-3-5-19(18)29-23/h2-5,7-10,14H,6,11-13H2,1H3,(H,27,28)/t14-/m1/s1. The fourth-order valence-corrected chi connectivity index (χ4v) is 6.54. The number of halogens is 1. The van der Waals surface area contributed by atoms with Crippen LogP contribution in [0.25, 0.3) is 20.8 Å². The number of carbonyl (C=O) groups is 1. The van der Waals surface area contributed by atoms with Gasteiger partial charge in [0.1, 0.15) is 15.8 Å². The van der Waals surface area contributed by atoms with Crippen molar-refractivity contribution in [3.63, 3.8) is 0 Å². The van der Waals surface area contributed by atoms with Crippen LogP contribution < -0.4 is 5.32 Å². The first-order chi connectivity index (χ1) is 14.6. The summed E-state index contributed by atoms with van der Waals surface area (Å²) in [6.07, 6.45) is 3.45. The van der Waals surface area contributed by atoms with E-state index in [9.17, 15) is 9.18 Å². The van der Waals surface area contributed by atoms with Gasteiger partial charge < -0.3 is 5.32 Å². The minimum absolute atomic E-state index is 0.0874. The summed E-state index contributed by atoms with van der Waals surface area (Å²) in [6.45, 7) is 2.28. The quantitative estimate of drug-likeness (QED) is 0.398. The van der Waals surface area contributed by atoms with Crippen LogP contribution in [-0.2, 0) is 24.1 Å². The summed E-state index contributed by atoms with van der Waals surface area (Å²) < 4.78 is 14.3. The van der Waals surface area contributed by atoms with Gasteiger partial charge in [-0.15, -0.1) is 22.7 Å². The highest BCUT2D eigenvalue weighted by molar-refractivity contribution is 7.22. The van der Waals surface area contributed by atoms with Crippen LogP contribution in [0.2, 0.25) is 0 Å². The largest absolute Gasteiger partial charge is 0.317 e. The van der Waals surface area contributed by atoms with Gasteiger partial charge >= 0.3 is 0 Å². The topological polar surface area (TPSA) is 42.0 Å². The fraction of sp³-hybridized carbons (Fsp3) is 0.250. The molecular weight excluding hydrogens is 415 g/mol. The van der Waals surface area contributed by atoms with Gasteiger partial charge in [-0.05, 0) is 60.6 Å². The molecule has 0 saturated heterocycles. The summed E-state index contributed by atoms with van der Waals surface area (Å²) in [5.41, 5.74) is 4.22. The minimum Gasteiger partial charge on any atom is -0.317 e. The van der Waals surface area contributed by atoms with Crippen molar-refractivity contribution in [2.45, 2.75) is 32.6 Å². The third-order valence-electron chi connectivity index (χ3n) is 5.55. The molecule has 6 heteroatoms. The van der Waals surface area contributed by atoms with Crippen molar-refractivity contribution in [2.75, 3.05) is 5.32 Å². The van der Waals surface area contributed by atoms with Gasteiger partial charge in [0.15, 0.2) is 0 Å². The lowest BCUT2D eigenvalue weighted by molar-refractivity contribution is -0.115. The minimum atomic E-state index is -0.294. The van der Waals surface area contributed by atoms with Gasteiger partial charge in [0.25, 0.3) is 0 Å². The van der Waals surface area contributed by atoms with Crippen molar-refractivity contribution >= 4 is 43.8 Å². The first-order valence-electron chi connectivity index (χ1n) is 10.1. The van der Waals surface area contributed by atoms with Crippen LogP contribution in [0.15, 0.2) is 48.5 Å². The molecule has 2 heterocycles. The van der Waals surface area contributed by atoms with Crippen LogP contribution in [0.5, 0.6) is 0 Å². The van der Waals surface area contributed by atoms with Crippen LogP contribution in [0.1, 0.15) is 29.3 Å². The second-order valence-electron chi connectivity index (χ2n) is 7.89. The zero-order chi connectivity index (χ0) is 20.7. The van der Waals surface area contributed by atoms with Crippen LogP contribution in [0, 0.1) is 11.7 Å². The van der Waals surface area contributed by atoms with E-state index in [4.69, 9.17) is 4.98 Å². The van der Waals surface area contributed by atoms with Gasteiger partial charge in [-0.1, -0.05) is 31.2 Å². The van der Waals surface area contributed by atoms with E-state index < -0.39 is 0 Å². The molecule has 0 fully saturated rings. The number of amides is 1. The number of aromatic nitrogens is 1. The summed E-state index contributed by atoms with van der Waals surface area (Å²) in [5.74, 6) is 0.273. The monoisotopic (exact) mass is 436 g/mol. The Balaban J connectivity index is 1.50. The molecule has 1 atom stereocenters. The normalized spacial score (nSPS) is 15.9. The van der Waals surface area contributed by atoms with Gasteiger partial charge in [0.2, 0.25) is 5.91 Å². The molecule has 1 N–H and O–H groups in total. The van der Waals surface area contributed by atoms with Crippen molar-refractivity contribution in [3.05, 3.63) is 70.4 Å². The van der Waals surface area contributed by atoms with Gasteiger partial charge in [-0.2, -0.15) is 0 Å². The second-order valence-corrected chi connectivity index (χ2v) is 10.0. The van der Waals surface area contributed by atoms with Gasteiger partial charge in [-0.25, -0.2) is 9.37 Å². The number of carbonyl (C=O) groups excluding carboxylic acids is 1. The Kier molecular flexibility index (Phi) is 5.13. The Morgan fingerprint density at radius 2 is 1.97 bits per heavy atom. The number of benzene rings is 2. The number of hydrogen-bond acceptors (Lipinski definition) is 4. The van der Waals surface area contributed by atoms with E-state index in [2.05, 4.69) is 18.3 Å². The summed E-state index contributed by atoms with van der Waals surface area (Å²) >= 11 is 3.36. The SMILES string of the molecule is C[C@@H]1CCc2c(sc(NC(=O)Cc3ccc(F)cc3)c2-c2nc3ccccc3s2)C1. The molecule has 0 saturated carbocycles. The van der Waals surface area contributed by atoms with Crippen molar-refractivity contribution in [3.8, 4) is 10.6 Å². The Bertz CT molecular complexity index is 1190. The Morgan fingerprint density at radius 1 is 1.17 bits per heavy atom. The maximum absolute atomic E-state index is 13.2. The predicted molar refractivity (Wildman–Crippen MR) is 123 cm³/mol. The van der Waals surface area contributed by atoms with E-state index in [0.29, 0.717) is 5.92 Å². The zero-order valence-corrected chi connectivity index (χ0v) is 18.2. The molecule has 152 valence electrons. The van der Waals surface area contributed by atoms with Crippen molar-refractivity contribution in [2.24, 2.45) is 5.92 Å². The van der Waals surface area contributed by atoms with Gasteiger partial charge in [0.05, 0.1) is 16.6 Å². The molecule has 0 aliphatic heterocycles. The molecule has 0 unspecified atom stereocenters.